The number of halogens is 2. The van der Waals surface area contributed by atoms with Crippen molar-refractivity contribution in [1.29, 1.82) is 0 Å². The highest BCUT2D eigenvalue weighted by Gasteiger charge is 2.36. The van der Waals surface area contributed by atoms with Crippen LogP contribution in [0.4, 0.5) is 19.3 Å². The molecule has 2 aliphatic rings. The molecule has 0 bridgehead atoms. The van der Waals surface area contributed by atoms with Crippen LogP contribution in [0.25, 0.3) is 0 Å². The molecule has 0 unspecified atom stereocenters. The third kappa shape index (κ3) is 4.23. The number of aromatic amines is 1. The molecule has 0 aromatic carbocycles. The van der Waals surface area contributed by atoms with Crippen molar-refractivity contribution in [2.45, 2.75) is 50.2 Å². The van der Waals surface area contributed by atoms with Crippen LogP contribution < -0.4 is 20.5 Å². The Bertz CT molecular complexity index is 702. The standard InChI is InChI=1S/C16H22F2N4O4/c1-25-13-12(8-19-21-14(13)23)22-7-4-11(9-22)26-15(24)20-10-2-5-16(17,18)6-3-10/h8,10-11H,2-7,9H2,1H3,(H,20,24)(H,21,23)/t11-/m1/s1. The third-order valence-corrected chi connectivity index (χ3v) is 4.79. The van der Waals surface area contributed by atoms with Gasteiger partial charge >= 0.3 is 11.7 Å². The first-order chi connectivity index (χ1) is 12.4. The molecule has 26 heavy (non-hydrogen) atoms. The molecule has 1 atom stereocenters. The Kier molecular flexibility index (Phi) is 5.28. The Hall–Kier alpha value is -2.39. The van der Waals surface area contributed by atoms with Crippen molar-refractivity contribution in [3.05, 3.63) is 16.6 Å². The van der Waals surface area contributed by atoms with Gasteiger partial charge in [-0.3, -0.25) is 4.79 Å². The monoisotopic (exact) mass is 372 g/mol. The van der Waals surface area contributed by atoms with Gasteiger partial charge in [0, 0.05) is 31.8 Å². The molecule has 1 amide bonds. The van der Waals surface area contributed by atoms with Crippen molar-refractivity contribution < 1.29 is 23.0 Å². The number of rotatable bonds is 4. The minimum Gasteiger partial charge on any atom is -0.490 e. The van der Waals surface area contributed by atoms with E-state index in [2.05, 4.69) is 15.5 Å². The molecule has 1 aromatic rings. The van der Waals surface area contributed by atoms with Crippen molar-refractivity contribution >= 4 is 11.8 Å². The van der Waals surface area contributed by atoms with E-state index in [1.807, 2.05) is 4.90 Å². The van der Waals surface area contributed by atoms with Crippen molar-refractivity contribution in [1.82, 2.24) is 15.5 Å². The first-order valence-electron chi connectivity index (χ1n) is 8.59. The number of aromatic nitrogens is 2. The molecule has 1 aromatic heterocycles. The van der Waals surface area contributed by atoms with Crippen LogP contribution in [-0.2, 0) is 4.74 Å². The maximum atomic E-state index is 13.1. The van der Waals surface area contributed by atoms with Crippen LogP contribution in [0.2, 0.25) is 0 Å². The van der Waals surface area contributed by atoms with E-state index < -0.39 is 17.6 Å². The maximum Gasteiger partial charge on any atom is 0.407 e. The highest BCUT2D eigenvalue weighted by atomic mass is 19.3. The lowest BCUT2D eigenvalue weighted by atomic mass is 9.92. The molecule has 8 nitrogen and oxygen atoms in total. The van der Waals surface area contributed by atoms with E-state index in [1.54, 1.807) is 0 Å². The smallest absolute Gasteiger partial charge is 0.407 e. The molecule has 2 fully saturated rings. The lowest BCUT2D eigenvalue weighted by Gasteiger charge is -2.28. The number of hydrogen-bond acceptors (Lipinski definition) is 6. The number of carbonyl (C=O) groups excluding carboxylic acids is 1. The van der Waals surface area contributed by atoms with Crippen LogP contribution in [0.3, 0.4) is 0 Å². The first kappa shape index (κ1) is 18.4. The van der Waals surface area contributed by atoms with Crippen LogP contribution in [0, 0.1) is 0 Å². The van der Waals surface area contributed by atoms with E-state index in [-0.39, 0.29) is 43.6 Å². The summed E-state index contributed by atoms with van der Waals surface area (Å²) in [6, 6.07) is -0.281. The highest BCUT2D eigenvalue weighted by molar-refractivity contribution is 5.68. The maximum absolute atomic E-state index is 13.1. The number of alkyl halides is 2. The molecule has 1 aliphatic carbocycles. The van der Waals surface area contributed by atoms with E-state index in [9.17, 15) is 18.4 Å². The predicted molar refractivity (Wildman–Crippen MR) is 88.8 cm³/mol. The number of carbonyl (C=O) groups is 1. The summed E-state index contributed by atoms with van der Waals surface area (Å²) in [7, 11) is 1.40. The fourth-order valence-electron chi connectivity index (χ4n) is 3.38. The Morgan fingerprint density at radius 3 is 2.81 bits per heavy atom. The summed E-state index contributed by atoms with van der Waals surface area (Å²) in [6.45, 7) is 0.979. The van der Waals surface area contributed by atoms with Crippen LogP contribution in [0.15, 0.2) is 11.0 Å². The molecule has 1 aliphatic heterocycles. The second-order valence-electron chi connectivity index (χ2n) is 6.65. The number of H-pyrrole nitrogens is 1. The SMILES string of the molecule is COc1c(N2CC[C@@H](OC(=O)NC3CCC(F)(F)CC3)C2)cn[nH]c1=O. The third-order valence-electron chi connectivity index (χ3n) is 4.79. The van der Waals surface area contributed by atoms with Gasteiger partial charge in [-0.05, 0) is 12.8 Å². The molecule has 1 saturated carbocycles. The average Bonchev–Trinajstić information content (AvgIpc) is 3.04. The largest absolute Gasteiger partial charge is 0.490 e. The topological polar surface area (TPSA) is 96.6 Å². The molecule has 1 saturated heterocycles. The quantitative estimate of drug-likeness (QED) is 0.835. The van der Waals surface area contributed by atoms with Crippen molar-refractivity contribution in [2.75, 3.05) is 25.1 Å². The zero-order chi connectivity index (χ0) is 18.7. The lowest BCUT2D eigenvalue weighted by Crippen LogP contribution is -2.42. The molecule has 2 heterocycles. The molecule has 3 rings (SSSR count). The number of nitrogens with zero attached hydrogens (tertiary/aromatic N) is 2. The zero-order valence-corrected chi connectivity index (χ0v) is 14.5. The van der Waals surface area contributed by atoms with E-state index in [0.29, 0.717) is 25.2 Å². The zero-order valence-electron chi connectivity index (χ0n) is 14.5. The summed E-state index contributed by atoms with van der Waals surface area (Å²) in [4.78, 5) is 25.6. The Morgan fingerprint density at radius 1 is 1.38 bits per heavy atom. The van der Waals surface area contributed by atoms with E-state index >= 15 is 0 Å². The van der Waals surface area contributed by atoms with Gasteiger partial charge < -0.3 is 19.7 Å². The van der Waals surface area contributed by atoms with Crippen LogP contribution in [0.1, 0.15) is 32.1 Å². The molecule has 2 N–H and O–H groups in total. The molecule has 0 spiro atoms. The van der Waals surface area contributed by atoms with Crippen LogP contribution >= 0.6 is 0 Å². The normalized spacial score (nSPS) is 22.9. The summed E-state index contributed by atoms with van der Waals surface area (Å²) in [5.74, 6) is -2.47. The minimum absolute atomic E-state index is 0.160. The van der Waals surface area contributed by atoms with Gasteiger partial charge in [-0.2, -0.15) is 5.10 Å². The second-order valence-corrected chi connectivity index (χ2v) is 6.65. The predicted octanol–water partition coefficient (Wildman–Crippen LogP) is 1.66. The van der Waals surface area contributed by atoms with Gasteiger partial charge in [0.15, 0.2) is 0 Å². The second kappa shape index (κ2) is 7.46. The number of anilines is 1. The molecule has 0 radical (unpaired) electrons. The molecular weight excluding hydrogens is 350 g/mol. The summed E-state index contributed by atoms with van der Waals surface area (Å²) >= 11 is 0. The van der Waals surface area contributed by atoms with E-state index in [1.165, 1.54) is 13.3 Å². The summed E-state index contributed by atoms with van der Waals surface area (Å²) in [5.41, 5.74) is 0.110. The van der Waals surface area contributed by atoms with Gasteiger partial charge in [0.05, 0.1) is 19.9 Å². The minimum atomic E-state index is -2.63. The Balaban J connectivity index is 1.51. The number of nitrogens with one attached hydrogen (secondary N) is 2. The van der Waals surface area contributed by atoms with Gasteiger partial charge in [-0.25, -0.2) is 18.7 Å². The fraction of sp³-hybridized carbons (Fsp3) is 0.688. The van der Waals surface area contributed by atoms with Crippen LogP contribution in [-0.4, -0.2) is 54.6 Å². The van der Waals surface area contributed by atoms with E-state index in [4.69, 9.17) is 9.47 Å². The lowest BCUT2D eigenvalue weighted by molar-refractivity contribution is -0.0406. The Morgan fingerprint density at radius 2 is 2.12 bits per heavy atom. The van der Waals surface area contributed by atoms with Gasteiger partial charge in [-0.1, -0.05) is 0 Å². The first-order valence-corrected chi connectivity index (χ1v) is 8.59. The number of methoxy groups -OCH3 is 1. The van der Waals surface area contributed by atoms with Gasteiger partial charge in [0.1, 0.15) is 11.8 Å². The summed E-state index contributed by atoms with van der Waals surface area (Å²) in [5, 5.41) is 8.74. The number of ether oxygens (including phenoxy) is 2. The van der Waals surface area contributed by atoms with E-state index in [0.717, 1.165) is 0 Å². The van der Waals surface area contributed by atoms with Crippen molar-refractivity contribution in [2.24, 2.45) is 0 Å². The highest BCUT2D eigenvalue weighted by Crippen LogP contribution is 2.33. The van der Waals surface area contributed by atoms with Crippen molar-refractivity contribution in [3.63, 3.8) is 0 Å². The molecule has 10 heteroatoms. The number of alkyl carbamates (subject to hydrolysis) is 1. The van der Waals surface area contributed by atoms with Crippen molar-refractivity contribution in [3.8, 4) is 5.75 Å². The Labute approximate surface area is 148 Å². The number of hydrogen-bond donors (Lipinski definition) is 2. The fourth-order valence-corrected chi connectivity index (χ4v) is 3.38. The van der Waals surface area contributed by atoms with Gasteiger partial charge in [0.2, 0.25) is 11.7 Å². The molecule has 144 valence electrons. The molecular formula is C16H22F2N4O4. The number of amides is 1. The van der Waals surface area contributed by atoms with Gasteiger partial charge in [-0.15, -0.1) is 0 Å². The van der Waals surface area contributed by atoms with Gasteiger partial charge in [0.25, 0.3) is 0 Å². The van der Waals surface area contributed by atoms with Crippen LogP contribution in [0.5, 0.6) is 5.75 Å². The summed E-state index contributed by atoms with van der Waals surface area (Å²) in [6.07, 6.45) is 1.18. The summed E-state index contributed by atoms with van der Waals surface area (Å²) < 4.78 is 36.8. The average molecular weight is 372 g/mol.